The molecule has 1 fully saturated rings. The summed E-state index contributed by atoms with van der Waals surface area (Å²) >= 11 is 0. The second-order valence-electron chi connectivity index (χ2n) is 10.7. The van der Waals surface area contributed by atoms with Crippen LogP contribution in [-0.4, -0.2) is 22.8 Å². The van der Waals surface area contributed by atoms with Crippen LogP contribution in [0.2, 0.25) is 0 Å². The number of hydrogen-bond donors (Lipinski definition) is 0. The van der Waals surface area contributed by atoms with E-state index in [0.29, 0.717) is 0 Å². The molecule has 3 aromatic carbocycles. The fraction of sp³-hybridized carbons (Fsp3) is 0.344. The summed E-state index contributed by atoms with van der Waals surface area (Å²) in [6.45, 7) is 7.50. The van der Waals surface area contributed by atoms with Crippen LogP contribution >= 0.6 is 0 Å². The molecule has 1 saturated carbocycles. The van der Waals surface area contributed by atoms with Gasteiger partial charge in [0, 0.05) is 12.1 Å². The smallest absolute Gasteiger partial charge is 0.168 e. The summed E-state index contributed by atoms with van der Waals surface area (Å²) in [4.78, 5) is 4.96. The van der Waals surface area contributed by atoms with E-state index in [2.05, 4.69) is 86.0 Å². The fourth-order valence-electron chi connectivity index (χ4n) is 4.97. The average molecular weight is 481 g/mol. The van der Waals surface area contributed by atoms with Crippen LogP contribution in [0.25, 0.3) is 23.2 Å². The first-order valence-electron chi connectivity index (χ1n) is 13.0. The highest BCUT2D eigenvalue weighted by atomic mass is 16.5. The van der Waals surface area contributed by atoms with Crippen LogP contribution < -0.4 is 9.47 Å². The quantitative estimate of drug-likeness (QED) is 0.270. The Balaban J connectivity index is 1.49. The van der Waals surface area contributed by atoms with Gasteiger partial charge in [-0.25, -0.2) is 4.98 Å². The normalized spacial score (nSPS) is 14.7. The number of para-hydroxylation sites is 3. The molecule has 5 rings (SSSR count). The molecule has 0 amide bonds. The molecule has 1 aliphatic rings. The third-order valence-corrected chi connectivity index (χ3v) is 7.07. The van der Waals surface area contributed by atoms with Gasteiger partial charge in [-0.2, -0.15) is 0 Å². The van der Waals surface area contributed by atoms with Gasteiger partial charge < -0.3 is 14.0 Å². The van der Waals surface area contributed by atoms with Crippen LogP contribution in [0.3, 0.4) is 0 Å². The number of fused-ring (bicyclic) bond motifs is 1. The van der Waals surface area contributed by atoms with Gasteiger partial charge in [0.2, 0.25) is 0 Å². The molecule has 4 nitrogen and oxygen atoms in total. The highest BCUT2D eigenvalue weighted by Gasteiger charge is 2.20. The minimum Gasteiger partial charge on any atom is -0.493 e. The van der Waals surface area contributed by atoms with Crippen molar-refractivity contribution in [1.82, 2.24) is 9.55 Å². The van der Waals surface area contributed by atoms with Crippen molar-refractivity contribution in [3.05, 3.63) is 89.2 Å². The molecule has 4 heteroatoms. The maximum Gasteiger partial charge on any atom is 0.168 e. The van der Waals surface area contributed by atoms with Crippen molar-refractivity contribution < 1.29 is 9.47 Å². The van der Waals surface area contributed by atoms with E-state index in [1.54, 1.807) is 7.11 Å². The first kappa shape index (κ1) is 24.2. The number of rotatable bonds is 7. The van der Waals surface area contributed by atoms with Crippen LogP contribution in [0, 0.1) is 0 Å². The van der Waals surface area contributed by atoms with Gasteiger partial charge in [0.1, 0.15) is 5.82 Å². The summed E-state index contributed by atoms with van der Waals surface area (Å²) in [7, 11) is 1.70. The maximum absolute atomic E-state index is 6.44. The molecule has 0 aliphatic heterocycles. The van der Waals surface area contributed by atoms with E-state index in [-0.39, 0.29) is 11.5 Å². The summed E-state index contributed by atoms with van der Waals surface area (Å²) in [5, 5.41) is 0. The first-order valence-corrected chi connectivity index (χ1v) is 13.0. The maximum atomic E-state index is 6.44. The van der Waals surface area contributed by atoms with Gasteiger partial charge in [-0.05, 0) is 72.6 Å². The van der Waals surface area contributed by atoms with Crippen molar-refractivity contribution in [2.75, 3.05) is 7.11 Å². The minimum absolute atomic E-state index is 0.142. The SMILES string of the molecule is COc1cccc(/C=C/c2nc3ccccc3n2Cc2ccc(C(C)(C)C)cc2)c1OC1CCCC1. The van der Waals surface area contributed by atoms with Gasteiger partial charge in [-0.15, -0.1) is 0 Å². The lowest BCUT2D eigenvalue weighted by Crippen LogP contribution is -2.12. The monoisotopic (exact) mass is 480 g/mol. The zero-order valence-corrected chi connectivity index (χ0v) is 21.8. The van der Waals surface area contributed by atoms with E-state index in [9.17, 15) is 0 Å². The van der Waals surface area contributed by atoms with Crippen LogP contribution in [0.1, 0.15) is 69.0 Å². The molecule has 0 radical (unpaired) electrons. The average Bonchev–Trinajstić information content (AvgIpc) is 3.51. The first-order chi connectivity index (χ1) is 17.4. The molecule has 0 unspecified atom stereocenters. The number of nitrogens with zero attached hydrogens (tertiary/aromatic N) is 2. The van der Waals surface area contributed by atoms with Crippen LogP contribution in [0.4, 0.5) is 0 Å². The molecule has 36 heavy (non-hydrogen) atoms. The molecular formula is C32H36N2O2. The molecule has 4 aromatic rings. The standard InChI is InChI=1S/C32H36N2O2/c1-32(2,3)25-19-16-23(17-20-25)22-34-28-14-8-7-13-27(28)33-30(34)21-18-24-10-9-15-29(35-4)31(24)36-26-11-5-6-12-26/h7-10,13-21,26H,5-6,11-12,22H2,1-4H3/b21-18+. The lowest BCUT2D eigenvalue weighted by molar-refractivity contribution is 0.200. The molecule has 1 heterocycles. The van der Waals surface area contributed by atoms with Crippen LogP contribution in [0.15, 0.2) is 66.7 Å². The lowest BCUT2D eigenvalue weighted by Gasteiger charge is -2.19. The summed E-state index contributed by atoms with van der Waals surface area (Å²) in [6.07, 6.45) is 9.12. The van der Waals surface area contributed by atoms with Gasteiger partial charge in [-0.3, -0.25) is 0 Å². The number of benzene rings is 3. The van der Waals surface area contributed by atoms with Crippen molar-refractivity contribution in [2.24, 2.45) is 0 Å². The zero-order chi connectivity index (χ0) is 25.1. The zero-order valence-electron chi connectivity index (χ0n) is 21.8. The largest absolute Gasteiger partial charge is 0.493 e. The van der Waals surface area contributed by atoms with Gasteiger partial charge in [0.15, 0.2) is 11.5 Å². The van der Waals surface area contributed by atoms with Gasteiger partial charge in [0.25, 0.3) is 0 Å². The molecule has 0 N–H and O–H groups in total. The molecule has 0 atom stereocenters. The van der Waals surface area contributed by atoms with Crippen molar-refractivity contribution in [1.29, 1.82) is 0 Å². The third-order valence-electron chi connectivity index (χ3n) is 7.07. The number of methoxy groups -OCH3 is 1. The molecular weight excluding hydrogens is 444 g/mol. The van der Waals surface area contributed by atoms with Crippen LogP contribution in [0.5, 0.6) is 11.5 Å². The van der Waals surface area contributed by atoms with E-state index < -0.39 is 0 Å². The molecule has 1 aromatic heterocycles. The topological polar surface area (TPSA) is 36.3 Å². The van der Waals surface area contributed by atoms with E-state index in [1.165, 1.54) is 24.0 Å². The molecule has 0 bridgehead atoms. The highest BCUT2D eigenvalue weighted by Crippen LogP contribution is 2.36. The Morgan fingerprint density at radius 3 is 2.39 bits per heavy atom. The predicted molar refractivity (Wildman–Crippen MR) is 149 cm³/mol. The van der Waals surface area contributed by atoms with E-state index in [0.717, 1.165) is 53.3 Å². The second kappa shape index (κ2) is 10.2. The number of imidazole rings is 1. The van der Waals surface area contributed by atoms with E-state index >= 15 is 0 Å². The summed E-state index contributed by atoms with van der Waals surface area (Å²) < 4.78 is 14.4. The van der Waals surface area contributed by atoms with E-state index in [1.807, 2.05) is 18.2 Å². The fourth-order valence-corrected chi connectivity index (χ4v) is 4.97. The third kappa shape index (κ3) is 5.18. The Hall–Kier alpha value is -3.53. The van der Waals surface area contributed by atoms with Gasteiger partial charge in [0.05, 0.1) is 24.2 Å². The minimum atomic E-state index is 0.142. The van der Waals surface area contributed by atoms with Gasteiger partial charge in [-0.1, -0.05) is 69.3 Å². The Morgan fingerprint density at radius 2 is 1.67 bits per heavy atom. The van der Waals surface area contributed by atoms with Gasteiger partial charge >= 0.3 is 0 Å². The van der Waals surface area contributed by atoms with Crippen molar-refractivity contribution in [3.63, 3.8) is 0 Å². The van der Waals surface area contributed by atoms with Crippen molar-refractivity contribution in [3.8, 4) is 11.5 Å². The molecule has 186 valence electrons. The Labute approximate surface area is 214 Å². The Kier molecular flexibility index (Phi) is 6.86. The highest BCUT2D eigenvalue weighted by molar-refractivity contribution is 5.81. The number of hydrogen-bond acceptors (Lipinski definition) is 3. The molecule has 0 spiro atoms. The van der Waals surface area contributed by atoms with E-state index in [4.69, 9.17) is 14.5 Å². The summed E-state index contributed by atoms with van der Waals surface area (Å²) in [5.41, 5.74) is 5.88. The number of ether oxygens (including phenoxy) is 2. The summed E-state index contributed by atoms with van der Waals surface area (Å²) in [6, 6.07) is 23.4. The van der Waals surface area contributed by atoms with Crippen molar-refractivity contribution in [2.45, 2.75) is 64.5 Å². The number of aromatic nitrogens is 2. The molecule has 1 aliphatic carbocycles. The van der Waals surface area contributed by atoms with Crippen LogP contribution in [-0.2, 0) is 12.0 Å². The molecule has 0 saturated heterocycles. The lowest BCUT2D eigenvalue weighted by atomic mass is 9.87. The predicted octanol–water partition coefficient (Wildman–Crippen LogP) is 7.88. The Morgan fingerprint density at radius 1 is 0.917 bits per heavy atom. The van der Waals surface area contributed by atoms with Crippen molar-refractivity contribution >= 4 is 23.2 Å². The second-order valence-corrected chi connectivity index (χ2v) is 10.7. The summed E-state index contributed by atoms with van der Waals surface area (Å²) in [5.74, 6) is 2.52. The Bertz CT molecular complexity index is 1350.